The topological polar surface area (TPSA) is 61.7 Å². The summed E-state index contributed by atoms with van der Waals surface area (Å²) in [5.74, 6) is 0. The van der Waals surface area contributed by atoms with Crippen LogP contribution < -0.4 is 5.73 Å². The molecule has 0 bridgehead atoms. The van der Waals surface area contributed by atoms with Gasteiger partial charge in [0, 0.05) is 13.6 Å². The highest BCUT2D eigenvalue weighted by atomic mass is 79.9. The molecule has 2 N–H and O–H groups in total. The van der Waals surface area contributed by atoms with Crippen molar-refractivity contribution in [3.63, 3.8) is 0 Å². The van der Waals surface area contributed by atoms with E-state index in [1.54, 1.807) is 0 Å². The van der Waals surface area contributed by atoms with Crippen LogP contribution in [-0.2, 0) is 20.0 Å². The largest absolute Gasteiger partial charge is 0.318 e. The van der Waals surface area contributed by atoms with Gasteiger partial charge in [-0.05, 0) is 34.8 Å². The molecule has 104 valence electrons. The van der Waals surface area contributed by atoms with Gasteiger partial charge in [-0.25, -0.2) is 0 Å². The lowest BCUT2D eigenvalue weighted by molar-refractivity contribution is 0.546. The van der Waals surface area contributed by atoms with Crippen LogP contribution in [0.1, 0.15) is 43.4 Å². The van der Waals surface area contributed by atoms with E-state index in [9.17, 15) is 0 Å². The van der Waals surface area contributed by atoms with Gasteiger partial charge in [0.2, 0.25) is 0 Å². The van der Waals surface area contributed by atoms with Crippen molar-refractivity contribution >= 4 is 15.9 Å². The highest BCUT2D eigenvalue weighted by molar-refractivity contribution is 9.10. The van der Waals surface area contributed by atoms with E-state index in [1.165, 1.54) is 0 Å². The zero-order chi connectivity index (χ0) is 14.0. The van der Waals surface area contributed by atoms with Gasteiger partial charge in [0.25, 0.3) is 0 Å². The van der Waals surface area contributed by atoms with Gasteiger partial charge in [-0.3, -0.25) is 9.36 Å². The number of hydrogen-bond acceptors (Lipinski definition) is 3. The predicted molar refractivity (Wildman–Crippen MR) is 78.8 cm³/mol. The summed E-state index contributed by atoms with van der Waals surface area (Å²) in [6.45, 7) is 5.09. The lowest BCUT2D eigenvalue weighted by atomic mass is 10.1. The van der Waals surface area contributed by atoms with Crippen LogP contribution in [0.15, 0.2) is 16.7 Å². The number of rotatable bonds is 5. The number of nitrogens with two attached hydrogens (primary N) is 1. The van der Waals surface area contributed by atoms with Gasteiger partial charge in [-0.2, -0.15) is 10.2 Å². The second-order valence-electron chi connectivity index (χ2n) is 4.62. The van der Waals surface area contributed by atoms with Crippen LogP contribution in [-0.4, -0.2) is 19.6 Å². The lowest BCUT2D eigenvalue weighted by Gasteiger charge is -2.15. The first-order valence-electron chi connectivity index (χ1n) is 6.58. The Balaban J connectivity index is 2.40. The molecule has 2 heterocycles. The van der Waals surface area contributed by atoms with Crippen LogP contribution in [0.25, 0.3) is 0 Å². The molecule has 2 rings (SSSR count). The molecular formula is C13H20BrN5. The first-order valence-corrected chi connectivity index (χ1v) is 7.37. The van der Waals surface area contributed by atoms with Gasteiger partial charge in [0.15, 0.2) is 0 Å². The summed E-state index contributed by atoms with van der Waals surface area (Å²) >= 11 is 3.54. The van der Waals surface area contributed by atoms with Gasteiger partial charge in [0.1, 0.15) is 0 Å². The maximum absolute atomic E-state index is 6.41. The molecule has 2 aromatic heterocycles. The molecule has 0 spiro atoms. The Morgan fingerprint density at radius 1 is 1.42 bits per heavy atom. The smallest absolute Gasteiger partial charge is 0.0905 e. The van der Waals surface area contributed by atoms with Crippen LogP contribution in [0, 0.1) is 0 Å². The van der Waals surface area contributed by atoms with Crippen molar-refractivity contribution in [3.8, 4) is 0 Å². The van der Waals surface area contributed by atoms with Crippen molar-refractivity contribution in [2.45, 2.75) is 39.3 Å². The van der Waals surface area contributed by atoms with Crippen LogP contribution in [0.4, 0.5) is 0 Å². The third-order valence-corrected chi connectivity index (χ3v) is 3.82. The summed E-state index contributed by atoms with van der Waals surface area (Å²) in [7, 11) is 1.93. The number of nitrogens with zero attached hydrogens (tertiary/aromatic N) is 4. The van der Waals surface area contributed by atoms with E-state index >= 15 is 0 Å². The quantitative estimate of drug-likeness (QED) is 0.918. The Hall–Kier alpha value is -1.14. The molecule has 0 aliphatic rings. The first-order chi connectivity index (χ1) is 9.08. The molecule has 5 nitrogen and oxygen atoms in total. The summed E-state index contributed by atoms with van der Waals surface area (Å²) < 4.78 is 4.78. The maximum atomic E-state index is 6.41. The Morgan fingerprint density at radius 2 is 2.16 bits per heavy atom. The van der Waals surface area contributed by atoms with Crippen molar-refractivity contribution in [3.05, 3.63) is 33.8 Å². The van der Waals surface area contributed by atoms with Crippen LogP contribution >= 0.6 is 15.9 Å². The van der Waals surface area contributed by atoms with Crippen LogP contribution in [0.2, 0.25) is 0 Å². The number of aromatic nitrogens is 4. The first kappa shape index (κ1) is 14.3. The molecule has 6 heteroatoms. The van der Waals surface area contributed by atoms with Crippen LogP contribution in [0.3, 0.4) is 0 Å². The third-order valence-electron chi connectivity index (χ3n) is 3.21. The lowest BCUT2D eigenvalue weighted by Crippen LogP contribution is -2.20. The Kier molecular flexibility index (Phi) is 4.42. The van der Waals surface area contributed by atoms with Crippen molar-refractivity contribution < 1.29 is 0 Å². The van der Waals surface area contributed by atoms with Crippen molar-refractivity contribution in [1.82, 2.24) is 19.6 Å². The maximum Gasteiger partial charge on any atom is 0.0905 e. The molecule has 0 fully saturated rings. The van der Waals surface area contributed by atoms with E-state index in [0.717, 1.165) is 40.9 Å². The fourth-order valence-electron chi connectivity index (χ4n) is 2.22. The molecule has 0 saturated carbocycles. The molecule has 0 radical (unpaired) electrons. The summed E-state index contributed by atoms with van der Waals surface area (Å²) in [6, 6.07) is 1.85. The molecular weight excluding hydrogens is 306 g/mol. The minimum Gasteiger partial charge on any atom is -0.318 e. The molecule has 0 saturated heterocycles. The molecule has 0 aliphatic heterocycles. The summed E-state index contributed by atoms with van der Waals surface area (Å²) in [5, 5.41) is 8.83. The average Bonchev–Trinajstić information content (AvgIpc) is 2.93. The second-order valence-corrected chi connectivity index (χ2v) is 5.47. The second kappa shape index (κ2) is 5.88. The van der Waals surface area contributed by atoms with Crippen molar-refractivity contribution in [1.29, 1.82) is 0 Å². The van der Waals surface area contributed by atoms with E-state index < -0.39 is 0 Å². The highest BCUT2D eigenvalue weighted by Crippen LogP contribution is 2.27. The normalized spacial score (nSPS) is 12.9. The molecule has 1 atom stereocenters. The molecule has 2 aromatic rings. The van der Waals surface area contributed by atoms with Gasteiger partial charge in [0.05, 0.1) is 33.8 Å². The Bertz CT molecular complexity index is 557. The summed E-state index contributed by atoms with van der Waals surface area (Å²) in [5.41, 5.74) is 9.49. The van der Waals surface area contributed by atoms with Crippen molar-refractivity contribution in [2.75, 3.05) is 0 Å². The fraction of sp³-hybridized carbons (Fsp3) is 0.538. The Morgan fingerprint density at radius 3 is 2.74 bits per heavy atom. The van der Waals surface area contributed by atoms with Gasteiger partial charge in [-0.15, -0.1) is 0 Å². The van der Waals surface area contributed by atoms with E-state index in [-0.39, 0.29) is 6.04 Å². The predicted octanol–water partition coefficient (Wildman–Crippen LogP) is 2.40. The van der Waals surface area contributed by atoms with Gasteiger partial charge in [-0.1, -0.05) is 13.8 Å². The zero-order valence-electron chi connectivity index (χ0n) is 11.6. The average molecular weight is 326 g/mol. The van der Waals surface area contributed by atoms with Crippen LogP contribution in [0.5, 0.6) is 0 Å². The monoisotopic (exact) mass is 325 g/mol. The van der Waals surface area contributed by atoms with E-state index in [2.05, 4.69) is 46.0 Å². The zero-order valence-corrected chi connectivity index (χ0v) is 13.2. The van der Waals surface area contributed by atoms with E-state index in [4.69, 9.17) is 5.73 Å². The minimum atomic E-state index is -0.221. The molecule has 0 amide bonds. The molecule has 0 aliphatic carbocycles. The Labute approximate surface area is 121 Å². The third kappa shape index (κ3) is 2.74. The standard InChI is InChI=1S/C13H20BrN5/c1-4-6-19-13(10(14)8-16-19)12(15)11-7-9(5-2)17-18(11)3/h7-8,12H,4-6,15H2,1-3H3. The van der Waals surface area contributed by atoms with Gasteiger partial charge < -0.3 is 5.73 Å². The van der Waals surface area contributed by atoms with Crippen molar-refractivity contribution in [2.24, 2.45) is 12.8 Å². The fourth-order valence-corrected chi connectivity index (χ4v) is 2.76. The highest BCUT2D eigenvalue weighted by Gasteiger charge is 2.21. The summed E-state index contributed by atoms with van der Waals surface area (Å²) in [6.07, 6.45) is 3.75. The minimum absolute atomic E-state index is 0.221. The molecule has 0 aromatic carbocycles. The van der Waals surface area contributed by atoms with E-state index in [1.807, 2.05) is 22.6 Å². The molecule has 1 unspecified atom stereocenters. The number of aryl methyl sites for hydroxylation is 3. The van der Waals surface area contributed by atoms with Gasteiger partial charge >= 0.3 is 0 Å². The molecule has 19 heavy (non-hydrogen) atoms. The number of halogens is 1. The van der Waals surface area contributed by atoms with E-state index in [0.29, 0.717) is 0 Å². The number of hydrogen-bond donors (Lipinski definition) is 1. The SMILES string of the molecule is CCCn1ncc(Br)c1C(N)c1cc(CC)nn1C. The summed E-state index contributed by atoms with van der Waals surface area (Å²) in [4.78, 5) is 0.